The summed E-state index contributed by atoms with van der Waals surface area (Å²) in [4.78, 5) is 14.3. The summed E-state index contributed by atoms with van der Waals surface area (Å²) in [6, 6.07) is 2.12. The van der Waals surface area contributed by atoms with Gasteiger partial charge in [0.25, 0.3) is 0 Å². The van der Waals surface area contributed by atoms with Gasteiger partial charge in [-0.15, -0.1) is 11.3 Å². The zero-order chi connectivity index (χ0) is 10.8. The second kappa shape index (κ2) is 4.48. The summed E-state index contributed by atoms with van der Waals surface area (Å²) in [5.41, 5.74) is 1.17. The molecule has 0 aromatic carbocycles. The van der Waals surface area contributed by atoms with Crippen molar-refractivity contribution in [1.29, 1.82) is 0 Å². The summed E-state index contributed by atoms with van der Waals surface area (Å²) in [5, 5.41) is 0. The maximum Gasteiger partial charge on any atom is 0.173 e. The summed E-state index contributed by atoms with van der Waals surface area (Å²) < 4.78 is 0. The van der Waals surface area contributed by atoms with Gasteiger partial charge in [-0.3, -0.25) is 4.79 Å². The number of hydrogen-bond acceptors (Lipinski definition) is 2. The van der Waals surface area contributed by atoms with Crippen LogP contribution in [0, 0.1) is 19.8 Å². The van der Waals surface area contributed by atoms with Crippen molar-refractivity contribution in [3.63, 3.8) is 0 Å². The van der Waals surface area contributed by atoms with E-state index >= 15 is 0 Å². The van der Waals surface area contributed by atoms with Crippen molar-refractivity contribution in [2.24, 2.45) is 5.92 Å². The van der Waals surface area contributed by atoms with Crippen LogP contribution in [0.5, 0.6) is 0 Å². The molecule has 0 saturated heterocycles. The van der Waals surface area contributed by atoms with E-state index in [0.29, 0.717) is 11.7 Å². The van der Waals surface area contributed by atoms with Crippen LogP contribution in [0.25, 0.3) is 0 Å². The lowest BCUT2D eigenvalue weighted by Crippen LogP contribution is -2.05. The molecule has 0 aliphatic heterocycles. The van der Waals surface area contributed by atoms with Crippen molar-refractivity contribution in [3.05, 3.63) is 21.4 Å². The summed E-state index contributed by atoms with van der Waals surface area (Å²) >= 11 is 1.66. The molecule has 1 aromatic rings. The summed E-state index contributed by atoms with van der Waals surface area (Å²) in [6.45, 7) is 4.12. The summed E-state index contributed by atoms with van der Waals surface area (Å²) in [7, 11) is 0. The molecule has 1 heterocycles. The fraction of sp³-hybridized carbons (Fsp3) is 0.615. The predicted molar refractivity (Wildman–Crippen MR) is 64.7 cm³/mol. The number of ketones is 1. The normalized spacial score (nSPS) is 17.2. The van der Waals surface area contributed by atoms with Gasteiger partial charge < -0.3 is 0 Å². The number of rotatable bonds is 3. The van der Waals surface area contributed by atoms with Gasteiger partial charge in [0.15, 0.2) is 5.78 Å². The molecule has 1 aliphatic rings. The standard InChI is InChI=1S/C13H18OS/c1-9-7-10(2)15-13(9)12(14)8-11-5-3-4-6-11/h7,11H,3-6,8H2,1-2H3. The van der Waals surface area contributed by atoms with Gasteiger partial charge >= 0.3 is 0 Å². The molecule has 0 N–H and O–H groups in total. The van der Waals surface area contributed by atoms with Gasteiger partial charge in [0.05, 0.1) is 4.88 Å². The van der Waals surface area contributed by atoms with E-state index in [2.05, 4.69) is 13.0 Å². The van der Waals surface area contributed by atoms with Gasteiger partial charge in [-0.05, 0) is 31.4 Å². The first-order valence-corrected chi connectivity index (χ1v) is 6.58. The van der Waals surface area contributed by atoms with Crippen LogP contribution in [0.15, 0.2) is 6.07 Å². The molecule has 0 atom stereocenters. The monoisotopic (exact) mass is 222 g/mol. The zero-order valence-electron chi connectivity index (χ0n) is 9.51. The molecule has 1 nitrogen and oxygen atoms in total. The zero-order valence-corrected chi connectivity index (χ0v) is 10.3. The molecule has 15 heavy (non-hydrogen) atoms. The Morgan fingerprint density at radius 2 is 2.07 bits per heavy atom. The number of thiophene rings is 1. The average Bonchev–Trinajstić information content (AvgIpc) is 2.75. The maximum atomic E-state index is 12.0. The Labute approximate surface area is 95.5 Å². The Bertz CT molecular complexity index is 359. The Balaban J connectivity index is 2.03. The number of carbonyl (C=O) groups is 1. The van der Waals surface area contributed by atoms with Crippen LogP contribution < -0.4 is 0 Å². The van der Waals surface area contributed by atoms with Crippen LogP contribution in [0.2, 0.25) is 0 Å². The van der Waals surface area contributed by atoms with Crippen molar-refractivity contribution in [2.45, 2.75) is 46.0 Å². The van der Waals surface area contributed by atoms with Crippen molar-refractivity contribution in [3.8, 4) is 0 Å². The minimum Gasteiger partial charge on any atom is -0.293 e. The number of hydrogen-bond donors (Lipinski definition) is 0. The van der Waals surface area contributed by atoms with E-state index in [4.69, 9.17) is 0 Å². The first kappa shape index (κ1) is 10.9. The van der Waals surface area contributed by atoms with E-state index in [-0.39, 0.29) is 0 Å². The quantitative estimate of drug-likeness (QED) is 0.703. The highest BCUT2D eigenvalue weighted by Gasteiger charge is 2.21. The average molecular weight is 222 g/mol. The van der Waals surface area contributed by atoms with Crippen LogP contribution in [0.3, 0.4) is 0 Å². The van der Waals surface area contributed by atoms with E-state index in [1.807, 2.05) is 6.92 Å². The van der Waals surface area contributed by atoms with Gasteiger partial charge in [-0.2, -0.15) is 0 Å². The first-order valence-electron chi connectivity index (χ1n) is 5.77. The highest BCUT2D eigenvalue weighted by Crippen LogP contribution is 2.31. The lowest BCUT2D eigenvalue weighted by molar-refractivity contribution is 0.0965. The number of Topliss-reactive ketones (excluding diaryl/α,β-unsaturated/α-hetero) is 1. The fourth-order valence-corrected chi connectivity index (χ4v) is 3.46. The predicted octanol–water partition coefficient (Wildman–Crippen LogP) is 4.13. The molecule has 0 amide bonds. The Kier molecular flexibility index (Phi) is 3.25. The molecule has 1 aromatic heterocycles. The minimum atomic E-state index is 0.373. The fourth-order valence-electron chi connectivity index (χ4n) is 2.49. The van der Waals surface area contributed by atoms with Crippen molar-refractivity contribution in [1.82, 2.24) is 0 Å². The number of aryl methyl sites for hydroxylation is 2. The van der Waals surface area contributed by atoms with Gasteiger partial charge in [-0.1, -0.05) is 25.7 Å². The summed E-state index contributed by atoms with van der Waals surface area (Å²) in [5.74, 6) is 1.04. The second-order valence-electron chi connectivity index (χ2n) is 4.65. The first-order chi connectivity index (χ1) is 7.16. The largest absolute Gasteiger partial charge is 0.293 e. The van der Waals surface area contributed by atoms with Crippen molar-refractivity contribution < 1.29 is 4.79 Å². The van der Waals surface area contributed by atoms with E-state index in [0.717, 1.165) is 11.3 Å². The molecule has 82 valence electrons. The highest BCUT2D eigenvalue weighted by molar-refractivity contribution is 7.14. The third-order valence-corrected chi connectivity index (χ3v) is 4.44. The Morgan fingerprint density at radius 3 is 2.60 bits per heavy atom. The van der Waals surface area contributed by atoms with Crippen LogP contribution in [0.4, 0.5) is 0 Å². The van der Waals surface area contributed by atoms with E-state index in [9.17, 15) is 4.79 Å². The molecule has 2 heteroatoms. The smallest absolute Gasteiger partial charge is 0.173 e. The molecule has 0 radical (unpaired) electrons. The molecule has 1 fully saturated rings. The van der Waals surface area contributed by atoms with E-state index < -0.39 is 0 Å². The SMILES string of the molecule is Cc1cc(C)c(C(=O)CC2CCCC2)s1. The van der Waals surface area contributed by atoms with Crippen LogP contribution in [-0.4, -0.2) is 5.78 Å². The van der Waals surface area contributed by atoms with E-state index in [1.165, 1.54) is 36.1 Å². The van der Waals surface area contributed by atoms with Crippen LogP contribution in [-0.2, 0) is 0 Å². The molecule has 1 aliphatic carbocycles. The van der Waals surface area contributed by atoms with Crippen molar-refractivity contribution >= 4 is 17.1 Å². The maximum absolute atomic E-state index is 12.0. The van der Waals surface area contributed by atoms with Gasteiger partial charge in [0, 0.05) is 11.3 Å². The molecular formula is C13H18OS. The molecule has 0 spiro atoms. The van der Waals surface area contributed by atoms with Crippen LogP contribution >= 0.6 is 11.3 Å². The number of carbonyl (C=O) groups excluding carboxylic acids is 1. The van der Waals surface area contributed by atoms with Crippen molar-refractivity contribution in [2.75, 3.05) is 0 Å². The molecule has 1 saturated carbocycles. The second-order valence-corrected chi connectivity index (χ2v) is 5.90. The van der Waals surface area contributed by atoms with Crippen LogP contribution in [0.1, 0.15) is 52.2 Å². The molecular weight excluding hydrogens is 204 g/mol. The lowest BCUT2D eigenvalue weighted by Gasteiger charge is -2.06. The third kappa shape index (κ3) is 2.49. The molecule has 0 unspecified atom stereocenters. The summed E-state index contributed by atoms with van der Waals surface area (Å²) in [6.07, 6.45) is 5.94. The minimum absolute atomic E-state index is 0.373. The Morgan fingerprint density at radius 1 is 1.40 bits per heavy atom. The molecule has 0 bridgehead atoms. The topological polar surface area (TPSA) is 17.1 Å². The highest BCUT2D eigenvalue weighted by atomic mass is 32.1. The molecule has 2 rings (SSSR count). The van der Waals surface area contributed by atoms with Gasteiger partial charge in [0.2, 0.25) is 0 Å². The van der Waals surface area contributed by atoms with E-state index in [1.54, 1.807) is 11.3 Å². The Hall–Kier alpha value is -0.630. The lowest BCUT2D eigenvalue weighted by atomic mass is 9.99. The third-order valence-electron chi connectivity index (χ3n) is 3.24. The van der Waals surface area contributed by atoms with Gasteiger partial charge in [0.1, 0.15) is 0 Å². The van der Waals surface area contributed by atoms with Gasteiger partial charge in [-0.25, -0.2) is 0 Å².